The molecule has 27 heavy (non-hydrogen) atoms. The molecule has 1 fully saturated rings. The fourth-order valence-electron chi connectivity index (χ4n) is 2.75. The fourth-order valence-corrected chi connectivity index (χ4v) is 2.97. The normalized spacial score (nSPS) is 18.7. The molecule has 0 heterocycles. The van der Waals surface area contributed by atoms with E-state index in [4.69, 9.17) is 11.6 Å². The van der Waals surface area contributed by atoms with Crippen LogP contribution >= 0.6 is 11.6 Å². The monoisotopic (exact) mass is 396 g/mol. The number of nitrogens with one attached hydrogen (secondary N) is 2. The van der Waals surface area contributed by atoms with E-state index in [9.17, 15) is 22.8 Å². The first-order chi connectivity index (χ1) is 12.8. The minimum atomic E-state index is -4.61. The lowest BCUT2D eigenvalue weighted by atomic mass is 10.2. The third-order valence-corrected chi connectivity index (χ3v) is 4.64. The van der Waals surface area contributed by atoms with Crippen molar-refractivity contribution in [2.75, 3.05) is 5.32 Å². The molecule has 2 N–H and O–H groups in total. The van der Waals surface area contributed by atoms with Crippen LogP contribution < -0.4 is 10.6 Å². The SMILES string of the molecule is O=C(NCc1ccccc1)C1CC1C(=O)Nc1ccc(Cl)c(C(F)(F)F)c1. The molecule has 0 radical (unpaired) electrons. The number of amides is 2. The Morgan fingerprint density at radius 2 is 1.70 bits per heavy atom. The van der Waals surface area contributed by atoms with Gasteiger partial charge in [-0.3, -0.25) is 9.59 Å². The van der Waals surface area contributed by atoms with Gasteiger partial charge in [0.15, 0.2) is 0 Å². The number of hydrogen-bond donors (Lipinski definition) is 2. The zero-order valence-corrected chi connectivity index (χ0v) is 14.8. The highest BCUT2D eigenvalue weighted by molar-refractivity contribution is 6.31. The molecule has 4 nitrogen and oxygen atoms in total. The van der Waals surface area contributed by atoms with Crippen molar-refractivity contribution >= 4 is 29.1 Å². The predicted molar refractivity (Wildman–Crippen MR) is 95.0 cm³/mol. The van der Waals surface area contributed by atoms with Crippen molar-refractivity contribution in [1.82, 2.24) is 5.32 Å². The Bertz CT molecular complexity index is 856. The van der Waals surface area contributed by atoms with Gasteiger partial charge in [0.1, 0.15) is 0 Å². The molecule has 0 spiro atoms. The van der Waals surface area contributed by atoms with Gasteiger partial charge in [0.25, 0.3) is 0 Å². The summed E-state index contributed by atoms with van der Waals surface area (Å²) in [7, 11) is 0. The number of halogens is 4. The van der Waals surface area contributed by atoms with Crippen LogP contribution in [0.25, 0.3) is 0 Å². The summed E-state index contributed by atoms with van der Waals surface area (Å²) in [5, 5.41) is 4.75. The number of rotatable bonds is 5. The highest BCUT2D eigenvalue weighted by Crippen LogP contribution is 2.40. The summed E-state index contributed by atoms with van der Waals surface area (Å²) in [5.74, 6) is -1.75. The minimum absolute atomic E-state index is 0.00734. The number of benzene rings is 2. The van der Waals surface area contributed by atoms with Gasteiger partial charge in [-0.25, -0.2) is 0 Å². The van der Waals surface area contributed by atoms with E-state index >= 15 is 0 Å². The molecule has 0 saturated heterocycles. The summed E-state index contributed by atoms with van der Waals surface area (Å²) in [4.78, 5) is 24.3. The molecule has 0 aromatic heterocycles. The Hall–Kier alpha value is -2.54. The summed E-state index contributed by atoms with van der Waals surface area (Å²) in [5.41, 5.74) is -0.0877. The molecule has 8 heteroatoms. The second-order valence-electron chi connectivity index (χ2n) is 6.33. The second-order valence-corrected chi connectivity index (χ2v) is 6.74. The van der Waals surface area contributed by atoms with Crippen LogP contribution in [0.3, 0.4) is 0 Å². The van der Waals surface area contributed by atoms with Crippen LogP contribution in [0.5, 0.6) is 0 Å². The van der Waals surface area contributed by atoms with Crippen molar-refractivity contribution in [2.24, 2.45) is 11.8 Å². The number of hydrogen-bond acceptors (Lipinski definition) is 2. The van der Waals surface area contributed by atoms with Crippen molar-refractivity contribution in [3.05, 3.63) is 64.7 Å². The number of anilines is 1. The second kappa shape index (κ2) is 7.60. The Kier molecular flexibility index (Phi) is 5.41. The quantitative estimate of drug-likeness (QED) is 0.793. The van der Waals surface area contributed by atoms with E-state index in [1.807, 2.05) is 30.3 Å². The maximum atomic E-state index is 12.9. The number of alkyl halides is 3. The fraction of sp³-hybridized carbons (Fsp3) is 0.263. The van der Waals surface area contributed by atoms with Crippen LogP contribution in [0, 0.1) is 11.8 Å². The highest BCUT2D eigenvalue weighted by Gasteiger charge is 2.48. The largest absolute Gasteiger partial charge is 0.417 e. The molecule has 2 aromatic carbocycles. The van der Waals surface area contributed by atoms with Gasteiger partial charge in [-0.1, -0.05) is 41.9 Å². The molecule has 1 aliphatic rings. The van der Waals surface area contributed by atoms with Crippen molar-refractivity contribution < 1.29 is 22.8 Å². The molecule has 2 unspecified atom stereocenters. The van der Waals surface area contributed by atoms with Gasteiger partial charge in [-0.15, -0.1) is 0 Å². The van der Waals surface area contributed by atoms with Gasteiger partial charge >= 0.3 is 6.18 Å². The van der Waals surface area contributed by atoms with Crippen molar-refractivity contribution in [3.8, 4) is 0 Å². The van der Waals surface area contributed by atoms with Crippen molar-refractivity contribution in [3.63, 3.8) is 0 Å². The van der Waals surface area contributed by atoms with E-state index in [1.165, 1.54) is 6.07 Å². The summed E-state index contributed by atoms with van der Waals surface area (Å²) >= 11 is 5.56. The molecule has 2 amide bonds. The van der Waals surface area contributed by atoms with E-state index in [0.717, 1.165) is 17.7 Å². The molecule has 3 rings (SSSR count). The number of carbonyl (C=O) groups excluding carboxylic acids is 2. The van der Waals surface area contributed by atoms with Gasteiger partial charge in [0, 0.05) is 12.2 Å². The number of carbonyl (C=O) groups is 2. The third kappa shape index (κ3) is 4.80. The predicted octanol–water partition coefficient (Wildman–Crippen LogP) is 4.25. The summed E-state index contributed by atoms with van der Waals surface area (Å²) in [6.45, 7) is 0.358. The Labute approximate surface area is 158 Å². The molecule has 0 bridgehead atoms. The molecule has 1 saturated carbocycles. The first kappa shape index (κ1) is 19.2. The zero-order chi connectivity index (χ0) is 19.6. The van der Waals surface area contributed by atoms with Gasteiger partial charge in [0.05, 0.1) is 22.4 Å². The third-order valence-electron chi connectivity index (χ3n) is 4.31. The lowest BCUT2D eigenvalue weighted by Crippen LogP contribution is -2.27. The van der Waals surface area contributed by atoms with Gasteiger partial charge in [-0.05, 0) is 30.2 Å². The van der Waals surface area contributed by atoms with Gasteiger partial charge in [-0.2, -0.15) is 13.2 Å². The standard InChI is InChI=1S/C19H16ClF3N2O2/c20-16-7-6-12(8-15(16)19(21,22)23)25-18(27)14-9-13(14)17(26)24-10-11-4-2-1-3-5-11/h1-8,13-14H,9-10H2,(H,24,26)(H,25,27). The molecule has 142 valence electrons. The Balaban J connectivity index is 1.55. The molecule has 2 aromatic rings. The van der Waals surface area contributed by atoms with Crippen LogP contribution in [0.15, 0.2) is 48.5 Å². The van der Waals surface area contributed by atoms with Crippen LogP contribution in [-0.2, 0) is 22.3 Å². The summed E-state index contributed by atoms with van der Waals surface area (Å²) in [6, 6.07) is 12.5. The lowest BCUT2D eigenvalue weighted by molar-refractivity contribution is -0.137. The van der Waals surface area contributed by atoms with Crippen LogP contribution in [-0.4, -0.2) is 11.8 Å². The molecule has 2 atom stereocenters. The lowest BCUT2D eigenvalue weighted by Gasteiger charge is -2.12. The van der Waals surface area contributed by atoms with Crippen LogP contribution in [0.2, 0.25) is 5.02 Å². The maximum Gasteiger partial charge on any atom is 0.417 e. The first-order valence-electron chi connectivity index (χ1n) is 8.25. The molecular weight excluding hydrogens is 381 g/mol. The van der Waals surface area contributed by atoms with E-state index in [-0.39, 0.29) is 11.6 Å². The van der Waals surface area contributed by atoms with E-state index in [1.54, 1.807) is 0 Å². The Morgan fingerprint density at radius 3 is 2.37 bits per heavy atom. The minimum Gasteiger partial charge on any atom is -0.352 e. The molecule has 0 aliphatic heterocycles. The van der Waals surface area contributed by atoms with Crippen LogP contribution in [0.1, 0.15) is 17.5 Å². The van der Waals surface area contributed by atoms with Crippen molar-refractivity contribution in [2.45, 2.75) is 19.1 Å². The van der Waals surface area contributed by atoms with E-state index in [0.29, 0.717) is 13.0 Å². The highest BCUT2D eigenvalue weighted by atomic mass is 35.5. The molecule has 1 aliphatic carbocycles. The van der Waals surface area contributed by atoms with Gasteiger partial charge < -0.3 is 10.6 Å². The average Bonchev–Trinajstić information content (AvgIpc) is 3.42. The average molecular weight is 397 g/mol. The first-order valence-corrected chi connectivity index (χ1v) is 8.63. The molecular formula is C19H16ClF3N2O2. The topological polar surface area (TPSA) is 58.2 Å². The van der Waals surface area contributed by atoms with Crippen LogP contribution in [0.4, 0.5) is 18.9 Å². The van der Waals surface area contributed by atoms with Crippen molar-refractivity contribution in [1.29, 1.82) is 0 Å². The summed E-state index contributed by atoms with van der Waals surface area (Å²) in [6.07, 6.45) is -4.25. The van der Waals surface area contributed by atoms with E-state index < -0.39 is 34.5 Å². The maximum absolute atomic E-state index is 12.9. The summed E-state index contributed by atoms with van der Waals surface area (Å²) < 4.78 is 38.6. The zero-order valence-electron chi connectivity index (χ0n) is 14.0. The van der Waals surface area contributed by atoms with Gasteiger partial charge in [0.2, 0.25) is 11.8 Å². The van der Waals surface area contributed by atoms with E-state index in [2.05, 4.69) is 10.6 Å². The Morgan fingerprint density at radius 1 is 1.04 bits per heavy atom. The smallest absolute Gasteiger partial charge is 0.352 e.